The predicted octanol–water partition coefficient (Wildman–Crippen LogP) is 10.8. The summed E-state index contributed by atoms with van der Waals surface area (Å²) in [4.78, 5) is 46.1. The highest BCUT2D eigenvalue weighted by atomic mass is 31.2. The van der Waals surface area contributed by atoms with E-state index in [1.54, 1.807) is 0 Å². The molecule has 1 rings (SSSR count). The summed E-state index contributed by atoms with van der Waals surface area (Å²) < 4.78 is 38.4. The molecule has 1 aliphatic rings. The van der Waals surface area contributed by atoms with Crippen LogP contribution in [0.15, 0.2) is 109 Å². The van der Waals surface area contributed by atoms with E-state index in [9.17, 15) is 23.8 Å². The van der Waals surface area contributed by atoms with Gasteiger partial charge in [0.1, 0.15) is 12.6 Å². The van der Waals surface area contributed by atoms with Gasteiger partial charge in [0.25, 0.3) is 0 Å². The first-order chi connectivity index (χ1) is 29.6. The van der Waals surface area contributed by atoms with Crippen molar-refractivity contribution in [3.05, 3.63) is 109 Å². The Hall–Kier alpha value is -3.90. The van der Waals surface area contributed by atoms with Gasteiger partial charge in [-0.1, -0.05) is 136 Å². The predicted molar refractivity (Wildman–Crippen MR) is 244 cm³/mol. The van der Waals surface area contributed by atoms with E-state index in [-0.39, 0.29) is 25.0 Å². The van der Waals surface area contributed by atoms with Gasteiger partial charge in [-0.25, -0.2) is 4.57 Å². The van der Waals surface area contributed by atoms with Crippen molar-refractivity contribution in [3.63, 3.8) is 0 Å². The number of carbonyl (C=O) groups excluding carboxylic acids is 2. The molecule has 0 aliphatic carbocycles. The van der Waals surface area contributed by atoms with Crippen LogP contribution < -0.4 is 5.73 Å². The van der Waals surface area contributed by atoms with Gasteiger partial charge in [-0.15, -0.1) is 0 Å². The minimum atomic E-state index is -4.77. The third kappa shape index (κ3) is 35.4. The maximum absolute atomic E-state index is 12.6. The van der Waals surface area contributed by atoms with Gasteiger partial charge in [0, 0.05) is 12.8 Å². The SMILES string of the molecule is CC/C=C\C/C=C\C/C=C\C/C=C\C/C=C\C/C=C\CCC(=O)O[C@H](COC(=O)CCCC1OC1C/C=C\C/C=C\C/C=C\CCCCC)COP(=O)(O)OC[C@H](N)C(=O)O. The third-order valence-corrected chi connectivity index (χ3v) is 9.89. The number of hydrogen-bond donors (Lipinski definition) is 3. The number of ether oxygens (including phenoxy) is 3. The first-order valence-corrected chi connectivity index (χ1v) is 23.5. The number of rotatable bonds is 38. The molecule has 0 bridgehead atoms. The second kappa shape index (κ2) is 37.8. The third-order valence-electron chi connectivity index (χ3n) is 8.94. The van der Waals surface area contributed by atoms with Gasteiger partial charge in [0.05, 0.1) is 25.4 Å². The molecule has 1 heterocycles. The van der Waals surface area contributed by atoms with Crippen LogP contribution >= 0.6 is 7.82 Å². The number of hydrogen-bond acceptors (Lipinski definition) is 10. The van der Waals surface area contributed by atoms with E-state index in [4.69, 9.17) is 29.6 Å². The molecule has 61 heavy (non-hydrogen) atoms. The highest BCUT2D eigenvalue weighted by molar-refractivity contribution is 7.47. The second-order valence-corrected chi connectivity index (χ2v) is 15.9. The minimum absolute atomic E-state index is 0.0126. The van der Waals surface area contributed by atoms with E-state index in [0.717, 1.165) is 57.8 Å². The zero-order valence-corrected chi connectivity index (χ0v) is 37.5. The number of carboxylic acids is 1. The normalized spacial score (nSPS) is 18.0. The summed E-state index contributed by atoms with van der Waals surface area (Å²) in [6, 6.07) is -1.55. The van der Waals surface area contributed by atoms with Crippen LogP contribution in [0.2, 0.25) is 0 Å². The molecule has 0 saturated carbocycles. The highest BCUT2D eigenvalue weighted by Crippen LogP contribution is 2.43. The molecule has 1 fully saturated rings. The molecule has 0 amide bonds. The van der Waals surface area contributed by atoms with Crippen LogP contribution in [-0.4, -0.2) is 72.1 Å². The number of phosphoric ester groups is 1. The quantitative estimate of drug-likeness (QED) is 0.0176. The molecule has 13 heteroatoms. The van der Waals surface area contributed by atoms with Crippen molar-refractivity contribution >= 4 is 25.7 Å². The van der Waals surface area contributed by atoms with E-state index in [0.29, 0.717) is 25.7 Å². The topological polar surface area (TPSA) is 184 Å². The molecule has 1 saturated heterocycles. The molecular formula is C48H74NO11P. The Kier molecular flexibility index (Phi) is 34.2. The molecular weight excluding hydrogens is 797 g/mol. The molecule has 12 nitrogen and oxygen atoms in total. The Morgan fingerprint density at radius 1 is 0.623 bits per heavy atom. The average Bonchev–Trinajstić information content (AvgIpc) is 3.99. The van der Waals surface area contributed by atoms with Crippen molar-refractivity contribution < 1.29 is 52.2 Å². The van der Waals surface area contributed by atoms with Crippen molar-refractivity contribution in [2.75, 3.05) is 19.8 Å². The standard InChI is InChI=1S/C48H74NO11P/c1-3-5-7-9-11-13-15-17-18-19-20-21-22-23-25-27-29-31-33-37-47(51)59-42(40-57-61(54,55)58-41-43(49)48(52)53)39-56-46(50)38-34-36-45-44(60-45)35-32-30-28-26-24-16-14-12-10-8-6-4-2/h5,7,11-14,17-18,20-21,23-26,29-32,42-45H,3-4,6,8-10,15-16,19,22,27-28,33-41,49H2,1-2H3,(H,52,53)(H,54,55)/b7-5-,13-11-,14-12-,18-17-,21-20-,25-23-,26-24-,31-29-,32-30-/t42-,43+,44?,45?/m1/s1. The Morgan fingerprint density at radius 2 is 1.13 bits per heavy atom. The average molecular weight is 872 g/mol. The number of epoxide rings is 1. The van der Waals surface area contributed by atoms with Gasteiger partial charge in [-0.3, -0.25) is 23.4 Å². The lowest BCUT2D eigenvalue weighted by molar-refractivity contribution is -0.161. The summed E-state index contributed by atoms with van der Waals surface area (Å²) in [5.74, 6) is -2.59. The maximum Gasteiger partial charge on any atom is 0.472 e. The fraction of sp³-hybridized carbons (Fsp3) is 0.562. The van der Waals surface area contributed by atoms with Crippen molar-refractivity contribution in [3.8, 4) is 0 Å². The fourth-order valence-electron chi connectivity index (χ4n) is 5.41. The van der Waals surface area contributed by atoms with Gasteiger partial charge < -0.3 is 29.9 Å². The van der Waals surface area contributed by atoms with Crippen LogP contribution in [0.25, 0.3) is 0 Å². The fourth-order valence-corrected chi connectivity index (χ4v) is 6.19. The largest absolute Gasteiger partial charge is 0.480 e. The van der Waals surface area contributed by atoms with Gasteiger partial charge in [0.15, 0.2) is 6.10 Å². The van der Waals surface area contributed by atoms with E-state index in [2.05, 4.69) is 110 Å². The van der Waals surface area contributed by atoms with E-state index in [1.165, 1.54) is 19.3 Å². The zero-order chi connectivity index (χ0) is 44.7. The van der Waals surface area contributed by atoms with Crippen LogP contribution in [0.5, 0.6) is 0 Å². The van der Waals surface area contributed by atoms with Gasteiger partial charge >= 0.3 is 25.7 Å². The van der Waals surface area contributed by atoms with Gasteiger partial charge in [-0.05, 0) is 89.9 Å². The number of phosphoric acid groups is 1. The number of allylic oxidation sites excluding steroid dienone is 17. The number of esters is 2. The molecule has 0 aromatic heterocycles. The lowest BCUT2D eigenvalue weighted by Gasteiger charge is -2.20. The zero-order valence-electron chi connectivity index (χ0n) is 36.6. The van der Waals surface area contributed by atoms with Crippen LogP contribution in [-0.2, 0) is 42.2 Å². The summed E-state index contributed by atoms with van der Waals surface area (Å²) in [5, 5.41) is 8.90. The van der Waals surface area contributed by atoms with Crippen molar-refractivity contribution in [2.45, 2.75) is 154 Å². The number of carbonyl (C=O) groups is 3. The summed E-state index contributed by atoms with van der Waals surface area (Å²) in [6.07, 6.45) is 51.9. The first kappa shape index (κ1) is 55.1. The smallest absolute Gasteiger partial charge is 0.472 e. The van der Waals surface area contributed by atoms with E-state index in [1.807, 2.05) is 18.2 Å². The number of aliphatic carboxylic acids is 1. The van der Waals surface area contributed by atoms with Crippen LogP contribution in [0, 0.1) is 0 Å². The number of unbranched alkanes of at least 4 members (excludes halogenated alkanes) is 3. The molecule has 5 atom stereocenters. The Morgan fingerprint density at radius 3 is 1.67 bits per heavy atom. The van der Waals surface area contributed by atoms with Crippen molar-refractivity contribution in [1.29, 1.82) is 0 Å². The van der Waals surface area contributed by atoms with Crippen molar-refractivity contribution in [1.82, 2.24) is 0 Å². The van der Waals surface area contributed by atoms with Gasteiger partial charge in [-0.2, -0.15) is 0 Å². The molecule has 0 radical (unpaired) electrons. The Bertz CT molecular complexity index is 1510. The summed E-state index contributed by atoms with van der Waals surface area (Å²) in [5.41, 5.74) is 5.33. The summed E-state index contributed by atoms with van der Waals surface area (Å²) >= 11 is 0. The molecule has 4 N–H and O–H groups in total. The van der Waals surface area contributed by atoms with E-state index < -0.39 is 57.7 Å². The monoisotopic (exact) mass is 871 g/mol. The highest BCUT2D eigenvalue weighted by Gasteiger charge is 2.36. The molecule has 0 spiro atoms. The van der Waals surface area contributed by atoms with Crippen LogP contribution in [0.3, 0.4) is 0 Å². The maximum atomic E-state index is 12.6. The molecule has 342 valence electrons. The minimum Gasteiger partial charge on any atom is -0.480 e. The van der Waals surface area contributed by atoms with Crippen LogP contribution in [0.4, 0.5) is 0 Å². The van der Waals surface area contributed by atoms with Crippen LogP contribution in [0.1, 0.15) is 129 Å². The Balaban J connectivity index is 2.41. The lowest BCUT2D eigenvalue weighted by atomic mass is 10.1. The molecule has 3 unspecified atom stereocenters. The van der Waals surface area contributed by atoms with Gasteiger partial charge in [0.2, 0.25) is 0 Å². The molecule has 0 aromatic rings. The van der Waals surface area contributed by atoms with E-state index >= 15 is 0 Å². The lowest BCUT2D eigenvalue weighted by Crippen LogP contribution is -2.34. The number of carboxylic acid groups (broad SMARTS) is 1. The number of nitrogens with two attached hydrogens (primary N) is 1. The second-order valence-electron chi connectivity index (χ2n) is 14.5. The molecule has 0 aromatic carbocycles. The summed E-state index contributed by atoms with van der Waals surface area (Å²) in [6.45, 7) is 2.48. The van der Waals surface area contributed by atoms with Crippen molar-refractivity contribution in [2.24, 2.45) is 5.73 Å². The Labute approximate surface area is 365 Å². The first-order valence-electron chi connectivity index (χ1n) is 22.0. The molecule has 1 aliphatic heterocycles. The summed E-state index contributed by atoms with van der Waals surface area (Å²) in [7, 11) is -4.77.